The van der Waals surface area contributed by atoms with Gasteiger partial charge in [-0.05, 0) is 33.6 Å². The highest BCUT2D eigenvalue weighted by Gasteiger charge is 2.20. The minimum absolute atomic E-state index is 0.0503. The second-order valence-corrected chi connectivity index (χ2v) is 8.85. The van der Waals surface area contributed by atoms with Crippen molar-refractivity contribution in [1.82, 2.24) is 0 Å². The topological polar surface area (TPSA) is 206 Å². The van der Waals surface area contributed by atoms with Gasteiger partial charge in [-0.1, -0.05) is 19.7 Å². The molecular formula is C28H40O14. The van der Waals surface area contributed by atoms with Gasteiger partial charge >= 0.3 is 41.8 Å². The fraction of sp³-hybridized carbons (Fsp3) is 0.536. The van der Waals surface area contributed by atoms with Crippen LogP contribution in [0.4, 0.5) is 0 Å². The first-order chi connectivity index (χ1) is 19.6. The SMILES string of the molecule is C=C(C)C(=O)OCC(COC(=O)C(=C)C)OC(=O)CCCC(=O)O.C=C(C)C(=O)OCCCOC(=O)CCCC(=O)O. The van der Waals surface area contributed by atoms with Crippen molar-refractivity contribution in [2.45, 2.75) is 71.8 Å². The molecule has 236 valence electrons. The third-order valence-electron chi connectivity index (χ3n) is 4.47. The number of aliphatic carboxylic acids is 2. The molecule has 14 heteroatoms. The molecule has 0 atom stereocenters. The van der Waals surface area contributed by atoms with E-state index in [0.29, 0.717) is 12.0 Å². The Morgan fingerprint density at radius 3 is 1.33 bits per heavy atom. The van der Waals surface area contributed by atoms with Gasteiger partial charge in [0, 0.05) is 48.8 Å². The van der Waals surface area contributed by atoms with Gasteiger partial charge in [0.15, 0.2) is 6.10 Å². The number of ether oxygens (including phenoxy) is 5. The predicted octanol–water partition coefficient (Wildman–Crippen LogP) is 2.69. The molecule has 0 amide bonds. The molecule has 0 radical (unpaired) electrons. The number of carboxylic acid groups (broad SMARTS) is 2. The van der Waals surface area contributed by atoms with Crippen LogP contribution in [0, 0.1) is 0 Å². The molecule has 0 aromatic rings. The highest BCUT2D eigenvalue weighted by atomic mass is 16.6. The Bertz CT molecular complexity index is 965. The summed E-state index contributed by atoms with van der Waals surface area (Å²) < 4.78 is 24.4. The van der Waals surface area contributed by atoms with Crippen molar-refractivity contribution in [3.8, 4) is 0 Å². The first kappa shape index (κ1) is 39.7. The summed E-state index contributed by atoms with van der Waals surface area (Å²) in [6, 6.07) is 0. The van der Waals surface area contributed by atoms with E-state index in [1.165, 1.54) is 13.8 Å². The standard InChI is InChI=1S/C16H22O8.C12H18O6/c1-10(2)15(20)22-8-12(9-23-16(21)11(3)4)24-14(19)7-5-6-13(17)18;1-9(2)12(16)18-8-4-7-17-11(15)6-3-5-10(13)14/h12H,1,3,5-9H2,2,4H3,(H,17,18);1,3-8H2,2H3,(H,13,14). The molecule has 0 aliphatic rings. The lowest BCUT2D eigenvalue weighted by molar-refractivity contribution is -0.164. The minimum atomic E-state index is -1.02. The molecule has 0 aliphatic carbocycles. The van der Waals surface area contributed by atoms with E-state index in [9.17, 15) is 33.6 Å². The first-order valence-corrected chi connectivity index (χ1v) is 12.8. The summed E-state index contributed by atoms with van der Waals surface area (Å²) in [6.45, 7) is 14.4. The van der Waals surface area contributed by atoms with Crippen LogP contribution in [0.5, 0.6) is 0 Å². The fourth-order valence-corrected chi connectivity index (χ4v) is 2.32. The zero-order valence-electron chi connectivity index (χ0n) is 24.3. The number of hydrogen-bond donors (Lipinski definition) is 2. The van der Waals surface area contributed by atoms with Crippen LogP contribution in [0.15, 0.2) is 36.5 Å². The van der Waals surface area contributed by atoms with Crippen molar-refractivity contribution in [3.63, 3.8) is 0 Å². The fourth-order valence-electron chi connectivity index (χ4n) is 2.32. The van der Waals surface area contributed by atoms with E-state index in [0.717, 1.165) is 0 Å². The molecule has 0 saturated carbocycles. The Balaban J connectivity index is 0. The van der Waals surface area contributed by atoms with E-state index in [1.807, 2.05) is 0 Å². The third-order valence-corrected chi connectivity index (χ3v) is 4.47. The molecular weight excluding hydrogens is 560 g/mol. The van der Waals surface area contributed by atoms with E-state index in [-0.39, 0.29) is 76.1 Å². The maximum absolute atomic E-state index is 11.7. The van der Waals surface area contributed by atoms with Gasteiger partial charge in [-0.15, -0.1) is 0 Å². The van der Waals surface area contributed by atoms with Crippen molar-refractivity contribution < 1.29 is 67.5 Å². The van der Waals surface area contributed by atoms with E-state index in [2.05, 4.69) is 19.7 Å². The van der Waals surface area contributed by atoms with Crippen LogP contribution >= 0.6 is 0 Å². The van der Waals surface area contributed by atoms with Crippen LogP contribution in [0.3, 0.4) is 0 Å². The number of rotatable bonds is 20. The molecule has 0 aromatic heterocycles. The highest BCUT2D eigenvalue weighted by molar-refractivity contribution is 5.87. The van der Waals surface area contributed by atoms with Crippen molar-refractivity contribution >= 4 is 41.8 Å². The van der Waals surface area contributed by atoms with Gasteiger partial charge in [0.25, 0.3) is 0 Å². The molecule has 0 unspecified atom stereocenters. The third kappa shape index (κ3) is 24.5. The van der Waals surface area contributed by atoms with Crippen LogP contribution in [0.2, 0.25) is 0 Å². The summed E-state index contributed by atoms with van der Waals surface area (Å²) in [5.41, 5.74) is 0.654. The molecule has 0 fully saturated rings. The Hall–Kier alpha value is -4.49. The molecule has 0 bridgehead atoms. The van der Waals surface area contributed by atoms with E-state index in [4.69, 9.17) is 33.9 Å². The number of hydrogen-bond acceptors (Lipinski definition) is 12. The molecule has 2 N–H and O–H groups in total. The zero-order chi connectivity index (χ0) is 32.7. The first-order valence-electron chi connectivity index (χ1n) is 12.8. The van der Waals surface area contributed by atoms with E-state index < -0.39 is 47.9 Å². The summed E-state index contributed by atoms with van der Waals surface area (Å²) in [4.78, 5) is 77.1. The number of carbonyl (C=O) groups is 7. The van der Waals surface area contributed by atoms with Gasteiger partial charge in [-0.2, -0.15) is 0 Å². The molecule has 14 nitrogen and oxygen atoms in total. The lowest BCUT2D eigenvalue weighted by Gasteiger charge is -2.18. The Morgan fingerprint density at radius 2 is 0.929 bits per heavy atom. The lowest BCUT2D eigenvalue weighted by atomic mass is 10.2. The predicted molar refractivity (Wildman–Crippen MR) is 146 cm³/mol. The normalized spacial score (nSPS) is 9.81. The van der Waals surface area contributed by atoms with Crippen LogP contribution in [-0.2, 0) is 57.2 Å². The van der Waals surface area contributed by atoms with Gasteiger partial charge in [0.2, 0.25) is 0 Å². The molecule has 0 heterocycles. The Morgan fingerprint density at radius 1 is 0.548 bits per heavy atom. The second kappa shape index (κ2) is 23.2. The van der Waals surface area contributed by atoms with Crippen LogP contribution in [0.25, 0.3) is 0 Å². The summed E-state index contributed by atoms with van der Waals surface area (Å²) in [7, 11) is 0. The average Bonchev–Trinajstić information content (AvgIpc) is 2.89. The molecule has 0 aliphatic heterocycles. The Labute approximate surface area is 244 Å². The summed E-state index contributed by atoms with van der Waals surface area (Å²) in [6.07, 6.45) is -0.487. The summed E-state index contributed by atoms with van der Waals surface area (Å²) >= 11 is 0. The van der Waals surface area contributed by atoms with E-state index in [1.54, 1.807) is 6.92 Å². The van der Waals surface area contributed by atoms with Crippen molar-refractivity contribution in [3.05, 3.63) is 36.5 Å². The largest absolute Gasteiger partial charge is 0.481 e. The molecule has 0 spiro atoms. The lowest BCUT2D eigenvalue weighted by Crippen LogP contribution is -2.31. The summed E-state index contributed by atoms with van der Waals surface area (Å²) in [5.74, 6) is -4.90. The number of carboxylic acids is 2. The molecule has 42 heavy (non-hydrogen) atoms. The smallest absolute Gasteiger partial charge is 0.333 e. The number of carbonyl (C=O) groups excluding carboxylic acids is 5. The maximum atomic E-state index is 11.7. The molecule has 0 aromatic carbocycles. The monoisotopic (exact) mass is 600 g/mol. The minimum Gasteiger partial charge on any atom is -0.481 e. The molecule has 0 saturated heterocycles. The maximum Gasteiger partial charge on any atom is 0.333 e. The summed E-state index contributed by atoms with van der Waals surface area (Å²) in [5, 5.41) is 16.9. The van der Waals surface area contributed by atoms with Gasteiger partial charge in [-0.25, -0.2) is 14.4 Å². The molecule has 0 rings (SSSR count). The zero-order valence-corrected chi connectivity index (χ0v) is 24.3. The van der Waals surface area contributed by atoms with Crippen molar-refractivity contribution in [1.29, 1.82) is 0 Å². The van der Waals surface area contributed by atoms with Gasteiger partial charge in [-0.3, -0.25) is 19.2 Å². The van der Waals surface area contributed by atoms with Gasteiger partial charge < -0.3 is 33.9 Å². The van der Waals surface area contributed by atoms with Gasteiger partial charge in [0.1, 0.15) is 13.2 Å². The van der Waals surface area contributed by atoms with Crippen LogP contribution in [0.1, 0.15) is 65.7 Å². The highest BCUT2D eigenvalue weighted by Crippen LogP contribution is 2.06. The van der Waals surface area contributed by atoms with Crippen molar-refractivity contribution in [2.75, 3.05) is 26.4 Å². The van der Waals surface area contributed by atoms with Crippen LogP contribution in [-0.4, -0.2) is 84.5 Å². The van der Waals surface area contributed by atoms with E-state index >= 15 is 0 Å². The number of esters is 5. The quantitative estimate of drug-likeness (QED) is 0.0892. The van der Waals surface area contributed by atoms with Gasteiger partial charge in [0.05, 0.1) is 13.2 Å². The average molecular weight is 601 g/mol. The van der Waals surface area contributed by atoms with Crippen molar-refractivity contribution in [2.24, 2.45) is 0 Å². The Kier molecular flexibility index (Phi) is 21.9. The second-order valence-electron chi connectivity index (χ2n) is 8.85. The van der Waals surface area contributed by atoms with Crippen LogP contribution < -0.4 is 0 Å².